The molecule has 0 bridgehead atoms. The highest BCUT2D eigenvalue weighted by Crippen LogP contribution is 2.26. The molecule has 1 atom stereocenters. The van der Waals surface area contributed by atoms with E-state index in [1.165, 1.54) is 0 Å². The number of carbonyl (C=O) groups is 1. The molecule has 1 aliphatic rings. The molecule has 0 aromatic carbocycles. The molecule has 6 heteroatoms. The first kappa shape index (κ1) is 10.2. The highest BCUT2D eigenvalue weighted by Gasteiger charge is 2.25. The number of hydrogen-bond acceptors (Lipinski definition) is 4. The highest BCUT2D eigenvalue weighted by molar-refractivity contribution is 6.29. The maximum Gasteiger partial charge on any atom is 0.247 e. The number of halogens is 1. The molecule has 2 heterocycles. The number of nitrogens with one attached hydrogen (secondary N) is 2. The van der Waals surface area contributed by atoms with Crippen molar-refractivity contribution in [2.75, 3.05) is 17.2 Å². The normalized spacial score (nSPS) is 19.1. The Labute approximate surface area is 91.5 Å². The van der Waals surface area contributed by atoms with Crippen molar-refractivity contribution < 1.29 is 9.90 Å². The number of anilines is 2. The Kier molecular flexibility index (Phi) is 2.75. The SMILES string of the molecule is O=C1Nc2ccc(Cl)nc2N[C@@H]1CCO. The van der Waals surface area contributed by atoms with Crippen LogP contribution in [0.2, 0.25) is 5.15 Å². The fourth-order valence-electron chi connectivity index (χ4n) is 1.43. The maximum absolute atomic E-state index is 11.5. The zero-order valence-electron chi connectivity index (χ0n) is 7.83. The van der Waals surface area contributed by atoms with E-state index in [2.05, 4.69) is 15.6 Å². The second-order valence-corrected chi connectivity index (χ2v) is 3.62. The van der Waals surface area contributed by atoms with E-state index < -0.39 is 6.04 Å². The highest BCUT2D eigenvalue weighted by atomic mass is 35.5. The average Bonchev–Trinajstić information content (AvgIpc) is 2.20. The summed E-state index contributed by atoms with van der Waals surface area (Å²) in [5, 5.41) is 14.7. The van der Waals surface area contributed by atoms with Crippen LogP contribution < -0.4 is 10.6 Å². The van der Waals surface area contributed by atoms with Gasteiger partial charge in [0.05, 0.1) is 5.69 Å². The largest absolute Gasteiger partial charge is 0.396 e. The molecular formula is C9H10ClN3O2. The van der Waals surface area contributed by atoms with Gasteiger partial charge in [-0.05, 0) is 18.6 Å². The summed E-state index contributed by atoms with van der Waals surface area (Å²) < 4.78 is 0. The van der Waals surface area contributed by atoms with Crippen LogP contribution in [0.15, 0.2) is 12.1 Å². The molecule has 15 heavy (non-hydrogen) atoms. The molecule has 0 saturated carbocycles. The Hall–Kier alpha value is -1.33. The number of aromatic nitrogens is 1. The first-order chi connectivity index (χ1) is 7.20. The zero-order valence-corrected chi connectivity index (χ0v) is 8.58. The fourth-order valence-corrected chi connectivity index (χ4v) is 1.58. The Morgan fingerprint density at radius 3 is 3.07 bits per heavy atom. The number of fused-ring (bicyclic) bond motifs is 1. The molecular weight excluding hydrogens is 218 g/mol. The second kappa shape index (κ2) is 4.04. The van der Waals surface area contributed by atoms with E-state index in [9.17, 15) is 4.79 Å². The molecule has 2 rings (SSSR count). The Morgan fingerprint density at radius 2 is 2.33 bits per heavy atom. The van der Waals surface area contributed by atoms with Gasteiger partial charge in [-0.1, -0.05) is 11.6 Å². The third-order valence-electron chi connectivity index (χ3n) is 2.16. The first-order valence-electron chi connectivity index (χ1n) is 4.55. The van der Waals surface area contributed by atoms with Gasteiger partial charge in [-0.15, -0.1) is 0 Å². The number of pyridine rings is 1. The van der Waals surface area contributed by atoms with Crippen LogP contribution >= 0.6 is 11.6 Å². The number of amides is 1. The van der Waals surface area contributed by atoms with Crippen molar-refractivity contribution in [3.05, 3.63) is 17.3 Å². The van der Waals surface area contributed by atoms with E-state index in [1.807, 2.05) is 0 Å². The molecule has 0 radical (unpaired) electrons. The van der Waals surface area contributed by atoms with E-state index in [0.717, 1.165) is 0 Å². The fraction of sp³-hybridized carbons (Fsp3) is 0.333. The van der Waals surface area contributed by atoms with E-state index in [4.69, 9.17) is 16.7 Å². The molecule has 3 N–H and O–H groups in total. The standard InChI is InChI=1S/C9H10ClN3O2/c10-7-2-1-5-8(13-7)11-6(3-4-14)9(15)12-5/h1-2,6,14H,3-4H2,(H,11,13)(H,12,15)/t6-/m1/s1. The number of aliphatic hydroxyl groups excluding tert-OH is 1. The lowest BCUT2D eigenvalue weighted by Crippen LogP contribution is -2.39. The summed E-state index contributed by atoms with van der Waals surface area (Å²) in [5.74, 6) is 0.376. The monoisotopic (exact) mass is 227 g/mol. The summed E-state index contributed by atoms with van der Waals surface area (Å²) >= 11 is 5.72. The van der Waals surface area contributed by atoms with Gasteiger partial charge in [0.25, 0.3) is 0 Å². The smallest absolute Gasteiger partial charge is 0.247 e. The molecule has 1 aliphatic heterocycles. The van der Waals surface area contributed by atoms with Crippen molar-refractivity contribution in [2.24, 2.45) is 0 Å². The lowest BCUT2D eigenvalue weighted by Gasteiger charge is -2.25. The summed E-state index contributed by atoms with van der Waals surface area (Å²) in [5.41, 5.74) is 0.610. The molecule has 1 aromatic heterocycles. The molecule has 5 nitrogen and oxygen atoms in total. The van der Waals surface area contributed by atoms with Gasteiger partial charge in [0.15, 0.2) is 5.82 Å². The molecule has 1 aromatic rings. The first-order valence-corrected chi connectivity index (χ1v) is 4.93. The van der Waals surface area contributed by atoms with Crippen LogP contribution in [0.5, 0.6) is 0 Å². The van der Waals surface area contributed by atoms with Gasteiger partial charge in [0.2, 0.25) is 5.91 Å². The molecule has 0 spiro atoms. The van der Waals surface area contributed by atoms with Gasteiger partial charge in [-0.3, -0.25) is 4.79 Å². The number of hydrogen-bond donors (Lipinski definition) is 3. The third kappa shape index (κ3) is 2.03. The van der Waals surface area contributed by atoms with Crippen LogP contribution in [-0.4, -0.2) is 28.6 Å². The summed E-state index contributed by atoms with van der Waals surface area (Å²) in [6, 6.07) is 2.84. The van der Waals surface area contributed by atoms with Gasteiger partial charge in [0.1, 0.15) is 11.2 Å². The van der Waals surface area contributed by atoms with Crippen LogP contribution in [0.3, 0.4) is 0 Å². The van der Waals surface area contributed by atoms with E-state index in [-0.39, 0.29) is 12.5 Å². The zero-order chi connectivity index (χ0) is 10.8. The summed E-state index contributed by atoms with van der Waals surface area (Å²) in [6.45, 7) is -0.0546. The average molecular weight is 228 g/mol. The minimum absolute atomic E-state index is 0.0546. The quantitative estimate of drug-likeness (QED) is 0.655. The van der Waals surface area contributed by atoms with Crippen LogP contribution in [-0.2, 0) is 4.79 Å². The Bertz CT molecular complexity index is 397. The summed E-state index contributed by atoms with van der Waals surface area (Å²) in [7, 11) is 0. The predicted octanol–water partition coefficient (Wildman–Crippen LogP) is 0.850. The van der Waals surface area contributed by atoms with Gasteiger partial charge in [0, 0.05) is 6.61 Å². The van der Waals surface area contributed by atoms with Gasteiger partial charge >= 0.3 is 0 Å². The van der Waals surface area contributed by atoms with Crippen molar-refractivity contribution in [1.29, 1.82) is 0 Å². The van der Waals surface area contributed by atoms with Crippen LogP contribution in [0.1, 0.15) is 6.42 Å². The molecule has 0 aliphatic carbocycles. The van der Waals surface area contributed by atoms with E-state index in [0.29, 0.717) is 23.1 Å². The molecule has 0 saturated heterocycles. The number of aliphatic hydroxyl groups is 1. The van der Waals surface area contributed by atoms with Gasteiger partial charge < -0.3 is 15.7 Å². The van der Waals surface area contributed by atoms with Crippen molar-refractivity contribution >= 4 is 29.0 Å². The Balaban J connectivity index is 2.26. The van der Waals surface area contributed by atoms with Crippen LogP contribution in [0.4, 0.5) is 11.5 Å². The van der Waals surface area contributed by atoms with E-state index >= 15 is 0 Å². The maximum atomic E-state index is 11.5. The number of nitrogens with zero attached hydrogens (tertiary/aromatic N) is 1. The second-order valence-electron chi connectivity index (χ2n) is 3.23. The molecule has 80 valence electrons. The van der Waals surface area contributed by atoms with Crippen LogP contribution in [0, 0.1) is 0 Å². The predicted molar refractivity (Wildman–Crippen MR) is 57.0 cm³/mol. The number of carbonyl (C=O) groups excluding carboxylic acids is 1. The summed E-state index contributed by atoms with van der Waals surface area (Å²) in [4.78, 5) is 15.5. The van der Waals surface area contributed by atoms with Crippen molar-refractivity contribution in [1.82, 2.24) is 4.98 Å². The van der Waals surface area contributed by atoms with Crippen molar-refractivity contribution in [3.63, 3.8) is 0 Å². The molecule has 0 unspecified atom stereocenters. The van der Waals surface area contributed by atoms with E-state index in [1.54, 1.807) is 12.1 Å². The van der Waals surface area contributed by atoms with Crippen LogP contribution in [0.25, 0.3) is 0 Å². The Morgan fingerprint density at radius 1 is 1.53 bits per heavy atom. The lowest BCUT2D eigenvalue weighted by atomic mass is 10.1. The minimum Gasteiger partial charge on any atom is -0.396 e. The van der Waals surface area contributed by atoms with Crippen molar-refractivity contribution in [3.8, 4) is 0 Å². The minimum atomic E-state index is -0.450. The van der Waals surface area contributed by atoms with Crippen molar-refractivity contribution in [2.45, 2.75) is 12.5 Å². The third-order valence-corrected chi connectivity index (χ3v) is 2.37. The molecule has 1 amide bonds. The topological polar surface area (TPSA) is 74.2 Å². The molecule has 0 fully saturated rings. The number of rotatable bonds is 2. The van der Waals surface area contributed by atoms with Gasteiger partial charge in [-0.25, -0.2) is 4.98 Å². The summed E-state index contributed by atoms with van der Waals surface area (Å²) in [6.07, 6.45) is 0.347. The van der Waals surface area contributed by atoms with Gasteiger partial charge in [-0.2, -0.15) is 0 Å². The lowest BCUT2D eigenvalue weighted by molar-refractivity contribution is -0.117.